The minimum Gasteiger partial charge on any atom is -0.324 e. The highest BCUT2D eigenvalue weighted by molar-refractivity contribution is 7.86. The van der Waals surface area contributed by atoms with E-state index in [-0.39, 0.29) is 10.9 Å². The zero-order chi connectivity index (χ0) is 10.1. The van der Waals surface area contributed by atoms with Gasteiger partial charge in [-0.3, -0.25) is 0 Å². The molecule has 1 aromatic carbocycles. The van der Waals surface area contributed by atoms with Crippen molar-refractivity contribution in [2.45, 2.75) is 17.9 Å². The van der Waals surface area contributed by atoms with Gasteiger partial charge in [-0.2, -0.15) is 8.42 Å². The van der Waals surface area contributed by atoms with Crippen LogP contribution in [0.2, 0.25) is 0 Å². The third-order valence-electron chi connectivity index (χ3n) is 1.69. The van der Waals surface area contributed by atoms with Crippen LogP contribution in [0.1, 0.15) is 18.5 Å². The van der Waals surface area contributed by atoms with E-state index in [1.165, 1.54) is 24.3 Å². The minimum absolute atomic E-state index is 0.184. The van der Waals surface area contributed by atoms with Crippen molar-refractivity contribution in [2.24, 2.45) is 5.73 Å². The molecule has 5 heteroatoms. The van der Waals surface area contributed by atoms with Gasteiger partial charge in [-0.15, -0.1) is 3.89 Å². The maximum atomic E-state index is 12.4. The molecular formula is C8H10FNO2S. The van der Waals surface area contributed by atoms with Crippen molar-refractivity contribution in [1.82, 2.24) is 0 Å². The molecule has 0 aliphatic rings. The molecule has 0 bridgehead atoms. The Morgan fingerprint density at radius 3 is 2.08 bits per heavy atom. The van der Waals surface area contributed by atoms with E-state index in [0.29, 0.717) is 0 Å². The summed E-state index contributed by atoms with van der Waals surface area (Å²) in [5, 5.41) is 0. The van der Waals surface area contributed by atoms with E-state index < -0.39 is 10.2 Å². The Morgan fingerprint density at radius 1 is 1.31 bits per heavy atom. The van der Waals surface area contributed by atoms with Gasteiger partial charge >= 0.3 is 10.2 Å². The second kappa shape index (κ2) is 3.43. The van der Waals surface area contributed by atoms with Gasteiger partial charge in [0.15, 0.2) is 0 Å². The molecule has 72 valence electrons. The van der Waals surface area contributed by atoms with E-state index >= 15 is 0 Å². The van der Waals surface area contributed by atoms with Crippen molar-refractivity contribution in [3.63, 3.8) is 0 Å². The molecule has 3 nitrogen and oxygen atoms in total. The van der Waals surface area contributed by atoms with Crippen molar-refractivity contribution in [3.8, 4) is 0 Å². The quantitative estimate of drug-likeness (QED) is 0.738. The first-order valence-corrected chi connectivity index (χ1v) is 5.10. The Labute approximate surface area is 76.6 Å². The van der Waals surface area contributed by atoms with Crippen LogP contribution >= 0.6 is 0 Å². The molecule has 0 saturated carbocycles. The van der Waals surface area contributed by atoms with E-state index in [9.17, 15) is 12.3 Å². The molecule has 0 heterocycles. The molecule has 1 rings (SSSR count). The zero-order valence-corrected chi connectivity index (χ0v) is 7.88. The Balaban J connectivity index is 3.08. The fourth-order valence-corrected chi connectivity index (χ4v) is 1.40. The summed E-state index contributed by atoms with van der Waals surface area (Å²) in [5.74, 6) is 0. The number of benzene rings is 1. The summed E-state index contributed by atoms with van der Waals surface area (Å²) in [6.45, 7) is 1.76. The fraction of sp³-hybridized carbons (Fsp3) is 0.250. The van der Waals surface area contributed by atoms with Crippen LogP contribution in [-0.4, -0.2) is 8.42 Å². The summed E-state index contributed by atoms with van der Waals surface area (Å²) >= 11 is 0. The molecule has 0 amide bonds. The molecule has 0 spiro atoms. The summed E-state index contributed by atoms with van der Waals surface area (Å²) in [5.41, 5.74) is 6.30. The number of hydrogen-bond acceptors (Lipinski definition) is 3. The highest BCUT2D eigenvalue weighted by atomic mass is 32.3. The molecule has 0 aliphatic heterocycles. The topological polar surface area (TPSA) is 60.2 Å². The van der Waals surface area contributed by atoms with Gasteiger partial charge < -0.3 is 5.73 Å². The molecule has 0 fully saturated rings. The van der Waals surface area contributed by atoms with Crippen LogP contribution in [0.25, 0.3) is 0 Å². The van der Waals surface area contributed by atoms with Crippen molar-refractivity contribution in [3.05, 3.63) is 29.8 Å². The van der Waals surface area contributed by atoms with Gasteiger partial charge in [-0.05, 0) is 24.6 Å². The van der Waals surface area contributed by atoms with Crippen LogP contribution < -0.4 is 5.73 Å². The molecule has 1 aromatic rings. The van der Waals surface area contributed by atoms with Gasteiger partial charge in [0, 0.05) is 6.04 Å². The Bertz CT molecular complexity index is 383. The molecule has 1 atom stereocenters. The second-order valence-corrected chi connectivity index (χ2v) is 4.14. The molecule has 13 heavy (non-hydrogen) atoms. The lowest BCUT2D eigenvalue weighted by Crippen LogP contribution is -2.04. The average Bonchev–Trinajstić information content (AvgIpc) is 2.03. The van der Waals surface area contributed by atoms with Crippen LogP contribution in [0.4, 0.5) is 3.89 Å². The fourth-order valence-electron chi connectivity index (χ4n) is 0.934. The Morgan fingerprint density at radius 2 is 1.77 bits per heavy atom. The molecule has 2 N–H and O–H groups in total. The van der Waals surface area contributed by atoms with E-state index in [4.69, 9.17) is 5.73 Å². The monoisotopic (exact) mass is 203 g/mol. The number of rotatable bonds is 2. The Kier molecular flexibility index (Phi) is 2.68. The van der Waals surface area contributed by atoms with E-state index in [2.05, 4.69) is 0 Å². The summed E-state index contributed by atoms with van der Waals surface area (Å²) < 4.78 is 33.2. The molecular weight excluding hydrogens is 193 g/mol. The van der Waals surface area contributed by atoms with Crippen molar-refractivity contribution >= 4 is 10.2 Å². The summed E-state index contributed by atoms with van der Waals surface area (Å²) in [4.78, 5) is -0.336. The van der Waals surface area contributed by atoms with Crippen LogP contribution in [0, 0.1) is 0 Å². The predicted octanol–water partition coefficient (Wildman–Crippen LogP) is 1.36. The van der Waals surface area contributed by atoms with Crippen LogP contribution in [-0.2, 0) is 10.2 Å². The molecule has 0 radical (unpaired) electrons. The SMILES string of the molecule is CC(N)c1ccc(S(=O)(=O)F)cc1. The zero-order valence-electron chi connectivity index (χ0n) is 7.07. The summed E-state index contributed by atoms with van der Waals surface area (Å²) in [6.07, 6.45) is 0. The lowest BCUT2D eigenvalue weighted by Gasteiger charge is -2.04. The van der Waals surface area contributed by atoms with Gasteiger partial charge in [0.05, 0.1) is 4.90 Å². The van der Waals surface area contributed by atoms with Gasteiger partial charge in [0.1, 0.15) is 0 Å². The first kappa shape index (κ1) is 10.1. The number of nitrogens with two attached hydrogens (primary N) is 1. The van der Waals surface area contributed by atoms with Gasteiger partial charge in [-0.1, -0.05) is 12.1 Å². The summed E-state index contributed by atoms with van der Waals surface area (Å²) in [6, 6.07) is 5.22. The smallest absolute Gasteiger partial charge is 0.324 e. The van der Waals surface area contributed by atoms with Crippen LogP contribution in [0.3, 0.4) is 0 Å². The van der Waals surface area contributed by atoms with Crippen molar-refractivity contribution in [1.29, 1.82) is 0 Å². The van der Waals surface area contributed by atoms with Crippen LogP contribution in [0.15, 0.2) is 29.2 Å². The second-order valence-electron chi connectivity index (χ2n) is 2.80. The number of halogens is 1. The first-order valence-electron chi connectivity index (χ1n) is 3.71. The molecule has 0 aromatic heterocycles. The average molecular weight is 203 g/mol. The van der Waals surface area contributed by atoms with E-state index in [1.54, 1.807) is 6.92 Å². The molecule has 0 saturated heterocycles. The molecule has 0 aliphatic carbocycles. The highest BCUT2D eigenvalue weighted by Crippen LogP contribution is 2.15. The van der Waals surface area contributed by atoms with Crippen molar-refractivity contribution < 1.29 is 12.3 Å². The minimum atomic E-state index is -4.59. The lowest BCUT2D eigenvalue weighted by atomic mass is 10.1. The van der Waals surface area contributed by atoms with E-state index in [0.717, 1.165) is 5.56 Å². The number of hydrogen-bond donors (Lipinski definition) is 1. The third kappa shape index (κ3) is 2.50. The Hall–Kier alpha value is -0.940. The van der Waals surface area contributed by atoms with Crippen LogP contribution in [0.5, 0.6) is 0 Å². The maximum absolute atomic E-state index is 12.4. The third-order valence-corrected chi connectivity index (χ3v) is 2.52. The van der Waals surface area contributed by atoms with Gasteiger partial charge in [-0.25, -0.2) is 0 Å². The predicted molar refractivity (Wildman–Crippen MR) is 47.3 cm³/mol. The first-order chi connectivity index (χ1) is 5.91. The normalized spacial score (nSPS) is 14.1. The molecule has 1 unspecified atom stereocenters. The lowest BCUT2D eigenvalue weighted by molar-refractivity contribution is 0.552. The van der Waals surface area contributed by atoms with Gasteiger partial charge in [0.25, 0.3) is 0 Å². The highest BCUT2D eigenvalue weighted by Gasteiger charge is 2.11. The van der Waals surface area contributed by atoms with Gasteiger partial charge in [0.2, 0.25) is 0 Å². The maximum Gasteiger partial charge on any atom is 0.332 e. The standard InChI is InChI=1S/C8H10FNO2S/c1-6(10)7-2-4-8(5-3-7)13(9,11)12/h2-6H,10H2,1H3. The van der Waals surface area contributed by atoms with E-state index in [1.807, 2.05) is 0 Å². The van der Waals surface area contributed by atoms with Crippen molar-refractivity contribution in [2.75, 3.05) is 0 Å². The summed E-state index contributed by atoms with van der Waals surface area (Å²) in [7, 11) is -4.59. The largest absolute Gasteiger partial charge is 0.332 e.